The molecule has 1 aliphatic heterocycles. The molecule has 0 amide bonds. The van der Waals surface area contributed by atoms with Gasteiger partial charge in [-0.15, -0.1) is 0 Å². The maximum Gasteiger partial charge on any atom is 0.161 e. The number of hydrogen-bond acceptors (Lipinski definition) is 6. The van der Waals surface area contributed by atoms with E-state index in [1.807, 2.05) is 24.4 Å². The lowest BCUT2D eigenvalue weighted by Crippen LogP contribution is -2.44. The maximum atomic E-state index is 4.97. The second kappa shape index (κ2) is 7.42. The molecule has 0 radical (unpaired) electrons. The van der Waals surface area contributed by atoms with Gasteiger partial charge in [0, 0.05) is 44.1 Å². The summed E-state index contributed by atoms with van der Waals surface area (Å²) in [5.74, 6) is 0.723. The number of imidazole rings is 1. The van der Waals surface area contributed by atoms with E-state index < -0.39 is 0 Å². The summed E-state index contributed by atoms with van der Waals surface area (Å²) in [6, 6.07) is 12.3. The van der Waals surface area contributed by atoms with Gasteiger partial charge in [-0.05, 0) is 49.9 Å². The van der Waals surface area contributed by atoms with E-state index in [2.05, 4.69) is 62.1 Å². The molecule has 1 aromatic carbocycles. The molecule has 0 aliphatic carbocycles. The molecule has 8 heteroatoms. The molecule has 5 aromatic rings. The SMILES string of the molecule is Cc1ccncc1-c1ccc2[nH]nc(-c3nc4c(N5CCN(C)CC5)cccc4[nH]3)c2n1. The molecule has 1 saturated heterocycles. The standard InChI is InChI=1S/C24H24N8/c1-15-8-9-25-14-16(15)17-6-7-19-22(26-17)23(30-29-19)24-27-18-4-3-5-20(21(18)28-24)32-12-10-31(2)11-13-32/h3-9,14H,10-13H2,1-2H3,(H,27,28)(H,29,30). The predicted molar refractivity (Wildman–Crippen MR) is 127 cm³/mol. The fourth-order valence-electron chi connectivity index (χ4n) is 4.38. The van der Waals surface area contributed by atoms with Crippen LogP contribution in [0.1, 0.15) is 5.56 Å². The van der Waals surface area contributed by atoms with Crippen LogP contribution >= 0.6 is 0 Å². The first-order chi connectivity index (χ1) is 15.7. The van der Waals surface area contributed by atoms with Gasteiger partial charge in [0.25, 0.3) is 0 Å². The number of aromatic amines is 2. The predicted octanol–water partition coefficient (Wildman–Crippen LogP) is 3.62. The number of anilines is 1. The Hall–Kier alpha value is -3.78. The molecular weight excluding hydrogens is 400 g/mol. The lowest BCUT2D eigenvalue weighted by molar-refractivity contribution is 0.313. The van der Waals surface area contributed by atoms with E-state index in [0.29, 0.717) is 0 Å². The molecule has 0 unspecified atom stereocenters. The average molecular weight is 425 g/mol. The fourth-order valence-corrected chi connectivity index (χ4v) is 4.38. The van der Waals surface area contributed by atoms with Crippen LogP contribution in [-0.2, 0) is 0 Å². The molecule has 0 saturated carbocycles. The third-order valence-electron chi connectivity index (χ3n) is 6.28. The molecule has 1 aliphatic rings. The zero-order chi connectivity index (χ0) is 21.7. The highest BCUT2D eigenvalue weighted by Gasteiger charge is 2.20. The van der Waals surface area contributed by atoms with Crippen LogP contribution in [0.2, 0.25) is 0 Å². The number of nitrogens with one attached hydrogen (secondary N) is 2. The number of piperazine rings is 1. The van der Waals surface area contributed by atoms with Crippen LogP contribution in [0.4, 0.5) is 5.69 Å². The zero-order valence-corrected chi connectivity index (χ0v) is 18.1. The lowest BCUT2D eigenvalue weighted by atomic mass is 10.1. The van der Waals surface area contributed by atoms with Gasteiger partial charge in [-0.3, -0.25) is 10.1 Å². The summed E-state index contributed by atoms with van der Waals surface area (Å²) >= 11 is 0. The van der Waals surface area contributed by atoms with Crippen molar-refractivity contribution in [1.29, 1.82) is 0 Å². The number of aromatic nitrogens is 6. The number of fused-ring (bicyclic) bond motifs is 2. The van der Waals surface area contributed by atoms with Gasteiger partial charge in [-0.1, -0.05) is 6.07 Å². The number of para-hydroxylation sites is 1. The molecule has 160 valence electrons. The quantitative estimate of drug-likeness (QED) is 0.460. The Labute approximate surface area is 185 Å². The minimum atomic E-state index is 0.723. The number of aryl methyl sites for hydroxylation is 1. The van der Waals surface area contributed by atoms with Gasteiger partial charge in [-0.2, -0.15) is 5.10 Å². The summed E-state index contributed by atoms with van der Waals surface area (Å²) in [6.07, 6.45) is 3.65. The van der Waals surface area contributed by atoms with Crippen molar-refractivity contribution in [3.63, 3.8) is 0 Å². The fraction of sp³-hybridized carbons (Fsp3) is 0.250. The van der Waals surface area contributed by atoms with Crippen LogP contribution in [0.15, 0.2) is 48.8 Å². The van der Waals surface area contributed by atoms with E-state index in [9.17, 15) is 0 Å². The van der Waals surface area contributed by atoms with Crippen molar-refractivity contribution in [3.05, 3.63) is 54.4 Å². The Balaban J connectivity index is 1.45. The highest BCUT2D eigenvalue weighted by Crippen LogP contribution is 2.31. The summed E-state index contributed by atoms with van der Waals surface area (Å²) in [4.78, 5) is 22.4. The van der Waals surface area contributed by atoms with E-state index in [-0.39, 0.29) is 0 Å². The van der Waals surface area contributed by atoms with Gasteiger partial charge < -0.3 is 14.8 Å². The monoisotopic (exact) mass is 424 g/mol. The summed E-state index contributed by atoms with van der Waals surface area (Å²) in [5, 5.41) is 7.66. The van der Waals surface area contributed by atoms with Crippen LogP contribution in [-0.4, -0.2) is 68.3 Å². The van der Waals surface area contributed by atoms with E-state index >= 15 is 0 Å². The third-order valence-corrected chi connectivity index (χ3v) is 6.28. The van der Waals surface area contributed by atoms with Gasteiger partial charge in [0.15, 0.2) is 11.5 Å². The molecule has 0 atom stereocenters. The summed E-state index contributed by atoms with van der Waals surface area (Å²) < 4.78 is 0. The minimum absolute atomic E-state index is 0.723. The normalized spacial score (nSPS) is 15.1. The van der Waals surface area contributed by atoms with Crippen molar-refractivity contribution in [1.82, 2.24) is 35.0 Å². The number of H-pyrrole nitrogens is 2. The summed E-state index contributed by atoms with van der Waals surface area (Å²) in [7, 11) is 2.17. The number of benzene rings is 1. The first-order valence-electron chi connectivity index (χ1n) is 10.9. The third kappa shape index (κ3) is 3.11. The maximum absolute atomic E-state index is 4.97. The van der Waals surface area contributed by atoms with Crippen LogP contribution in [0.3, 0.4) is 0 Å². The van der Waals surface area contributed by atoms with Gasteiger partial charge >= 0.3 is 0 Å². The van der Waals surface area contributed by atoms with E-state index in [1.165, 1.54) is 0 Å². The molecule has 6 rings (SSSR count). The molecule has 8 nitrogen and oxygen atoms in total. The molecule has 32 heavy (non-hydrogen) atoms. The Morgan fingerprint density at radius 3 is 2.62 bits per heavy atom. The first-order valence-corrected chi connectivity index (χ1v) is 10.9. The van der Waals surface area contributed by atoms with Crippen molar-refractivity contribution in [3.8, 4) is 22.8 Å². The van der Waals surface area contributed by atoms with E-state index in [0.717, 1.165) is 82.3 Å². The number of pyridine rings is 2. The average Bonchev–Trinajstić information content (AvgIpc) is 3.43. The largest absolute Gasteiger partial charge is 0.367 e. The summed E-state index contributed by atoms with van der Waals surface area (Å²) in [5.41, 5.74) is 8.58. The zero-order valence-electron chi connectivity index (χ0n) is 18.1. The van der Waals surface area contributed by atoms with Crippen molar-refractivity contribution < 1.29 is 0 Å². The van der Waals surface area contributed by atoms with E-state index in [1.54, 1.807) is 6.20 Å². The van der Waals surface area contributed by atoms with Crippen molar-refractivity contribution in [2.24, 2.45) is 0 Å². The summed E-state index contributed by atoms with van der Waals surface area (Å²) in [6.45, 7) is 6.17. The number of nitrogens with zero attached hydrogens (tertiary/aromatic N) is 6. The number of hydrogen-bond donors (Lipinski definition) is 2. The van der Waals surface area contributed by atoms with Crippen LogP contribution < -0.4 is 4.90 Å². The van der Waals surface area contributed by atoms with Gasteiger partial charge in [0.05, 0.1) is 22.4 Å². The van der Waals surface area contributed by atoms with Crippen LogP contribution in [0.5, 0.6) is 0 Å². The highest BCUT2D eigenvalue weighted by atomic mass is 15.3. The topological polar surface area (TPSA) is 89.6 Å². The smallest absolute Gasteiger partial charge is 0.161 e. The van der Waals surface area contributed by atoms with Crippen molar-refractivity contribution >= 4 is 27.8 Å². The van der Waals surface area contributed by atoms with Gasteiger partial charge in [0.2, 0.25) is 0 Å². The second-order valence-electron chi connectivity index (χ2n) is 8.40. The van der Waals surface area contributed by atoms with E-state index in [4.69, 9.17) is 9.97 Å². The van der Waals surface area contributed by atoms with Crippen molar-refractivity contribution in [2.45, 2.75) is 6.92 Å². The Kier molecular flexibility index (Phi) is 4.39. The molecule has 2 N–H and O–H groups in total. The first kappa shape index (κ1) is 18.9. The number of likely N-dealkylation sites (N-methyl/N-ethyl adjacent to an activating group) is 1. The number of rotatable bonds is 3. The highest BCUT2D eigenvalue weighted by molar-refractivity contribution is 5.95. The van der Waals surface area contributed by atoms with Gasteiger partial charge in [-0.25, -0.2) is 9.97 Å². The minimum Gasteiger partial charge on any atom is -0.367 e. The van der Waals surface area contributed by atoms with Crippen LogP contribution in [0.25, 0.3) is 44.8 Å². The molecule has 5 heterocycles. The van der Waals surface area contributed by atoms with Crippen molar-refractivity contribution in [2.75, 3.05) is 38.1 Å². The molecule has 4 aromatic heterocycles. The van der Waals surface area contributed by atoms with Crippen LogP contribution in [0, 0.1) is 6.92 Å². The lowest BCUT2D eigenvalue weighted by Gasteiger charge is -2.34. The Bertz CT molecular complexity index is 1420. The van der Waals surface area contributed by atoms with Gasteiger partial charge in [0.1, 0.15) is 11.0 Å². The molecule has 1 fully saturated rings. The molecule has 0 spiro atoms. The molecule has 0 bridgehead atoms. The Morgan fingerprint density at radius 2 is 1.78 bits per heavy atom. The molecular formula is C24H24N8. The Morgan fingerprint density at radius 1 is 0.906 bits per heavy atom. The second-order valence-corrected chi connectivity index (χ2v) is 8.40.